The minimum absolute atomic E-state index is 0.0383. The molecule has 2 rings (SSSR count). The first kappa shape index (κ1) is 15.8. The number of amides is 1. The number of rotatable bonds is 5. The zero-order valence-electron chi connectivity index (χ0n) is 11.8. The topological polar surface area (TPSA) is 80.0 Å². The molecule has 2 heterocycles. The molecular formula is C14H17ClN4OS. The van der Waals surface area contributed by atoms with Crippen molar-refractivity contribution >= 4 is 34.7 Å². The number of hydrogen-bond acceptors (Lipinski definition) is 5. The molecule has 0 spiro atoms. The van der Waals surface area contributed by atoms with Crippen LogP contribution in [0.15, 0.2) is 29.8 Å². The van der Waals surface area contributed by atoms with E-state index in [-0.39, 0.29) is 17.9 Å². The van der Waals surface area contributed by atoms with Crippen molar-refractivity contribution in [2.45, 2.75) is 19.9 Å². The second-order valence-corrected chi connectivity index (χ2v) is 6.30. The summed E-state index contributed by atoms with van der Waals surface area (Å²) in [5.41, 5.74) is 2.77. The maximum atomic E-state index is 12.3. The van der Waals surface area contributed by atoms with Gasteiger partial charge in [0.2, 0.25) is 0 Å². The van der Waals surface area contributed by atoms with Gasteiger partial charge in [0.05, 0.1) is 16.6 Å². The molecule has 0 aromatic carbocycles. The van der Waals surface area contributed by atoms with E-state index in [0.29, 0.717) is 16.4 Å². The van der Waals surface area contributed by atoms with Crippen molar-refractivity contribution in [3.63, 3.8) is 0 Å². The van der Waals surface area contributed by atoms with Gasteiger partial charge in [-0.25, -0.2) is 10.8 Å². The van der Waals surface area contributed by atoms with Crippen LogP contribution in [0, 0.1) is 5.92 Å². The van der Waals surface area contributed by atoms with Gasteiger partial charge in [0, 0.05) is 11.1 Å². The van der Waals surface area contributed by atoms with Gasteiger partial charge < -0.3 is 10.7 Å². The highest BCUT2D eigenvalue weighted by atomic mass is 35.5. The molecule has 0 bridgehead atoms. The molecule has 2 aromatic rings. The molecule has 1 amide bonds. The molecule has 5 nitrogen and oxygen atoms in total. The largest absolute Gasteiger partial charge is 0.344 e. The van der Waals surface area contributed by atoms with Gasteiger partial charge in [-0.05, 0) is 23.4 Å². The molecule has 0 saturated heterocycles. The number of thiophene rings is 1. The Balaban J connectivity index is 2.18. The number of halogens is 1. The number of pyridine rings is 1. The number of nitrogens with one attached hydrogen (secondary N) is 2. The van der Waals surface area contributed by atoms with Crippen molar-refractivity contribution < 1.29 is 4.79 Å². The maximum absolute atomic E-state index is 12.3. The quantitative estimate of drug-likeness (QED) is 0.583. The first-order valence-electron chi connectivity index (χ1n) is 6.49. The highest BCUT2D eigenvalue weighted by molar-refractivity contribution is 7.10. The monoisotopic (exact) mass is 324 g/mol. The summed E-state index contributed by atoms with van der Waals surface area (Å²) in [6.07, 6.45) is 1.45. The van der Waals surface area contributed by atoms with Gasteiger partial charge >= 0.3 is 0 Å². The van der Waals surface area contributed by atoms with E-state index in [1.165, 1.54) is 6.20 Å². The van der Waals surface area contributed by atoms with Gasteiger partial charge in [0.1, 0.15) is 0 Å². The Morgan fingerprint density at radius 2 is 2.24 bits per heavy atom. The lowest BCUT2D eigenvalue weighted by Crippen LogP contribution is -2.31. The fourth-order valence-corrected chi connectivity index (χ4v) is 3.10. The zero-order chi connectivity index (χ0) is 15.4. The van der Waals surface area contributed by atoms with E-state index in [9.17, 15) is 4.79 Å². The lowest BCUT2D eigenvalue weighted by molar-refractivity contribution is 0.0926. The fourth-order valence-electron chi connectivity index (χ4n) is 1.93. The Labute approximate surface area is 132 Å². The van der Waals surface area contributed by atoms with Crippen LogP contribution in [0.2, 0.25) is 5.02 Å². The van der Waals surface area contributed by atoms with Crippen LogP contribution in [-0.4, -0.2) is 10.9 Å². The molecule has 0 saturated carbocycles. The van der Waals surface area contributed by atoms with Gasteiger partial charge in [-0.3, -0.25) is 4.79 Å². The van der Waals surface area contributed by atoms with Crippen LogP contribution >= 0.6 is 22.9 Å². The summed E-state index contributed by atoms with van der Waals surface area (Å²) in [5, 5.41) is 5.33. The lowest BCUT2D eigenvalue weighted by Gasteiger charge is -2.21. The number of aromatic nitrogens is 1. The first-order valence-corrected chi connectivity index (χ1v) is 7.75. The Morgan fingerprint density at radius 3 is 2.76 bits per heavy atom. The van der Waals surface area contributed by atoms with Crippen molar-refractivity contribution in [2.24, 2.45) is 11.8 Å². The van der Waals surface area contributed by atoms with E-state index < -0.39 is 0 Å². The van der Waals surface area contributed by atoms with Gasteiger partial charge in [0.25, 0.3) is 5.91 Å². The van der Waals surface area contributed by atoms with Crippen molar-refractivity contribution in [1.29, 1.82) is 0 Å². The van der Waals surface area contributed by atoms with Crippen molar-refractivity contribution in [3.05, 3.63) is 45.2 Å². The molecule has 2 aromatic heterocycles. The summed E-state index contributed by atoms with van der Waals surface area (Å²) >= 11 is 7.61. The average Bonchev–Trinajstić information content (AvgIpc) is 2.97. The minimum Gasteiger partial charge on any atom is -0.344 e. The zero-order valence-corrected chi connectivity index (χ0v) is 13.3. The molecule has 0 aliphatic rings. The molecular weight excluding hydrogens is 308 g/mol. The van der Waals surface area contributed by atoms with Gasteiger partial charge in [-0.15, -0.1) is 11.3 Å². The van der Waals surface area contributed by atoms with E-state index in [0.717, 1.165) is 4.88 Å². The Morgan fingerprint density at radius 1 is 1.48 bits per heavy atom. The second-order valence-electron chi connectivity index (χ2n) is 4.91. The molecule has 0 aliphatic heterocycles. The lowest BCUT2D eigenvalue weighted by atomic mass is 10.0. The number of hydrogen-bond donors (Lipinski definition) is 3. The molecule has 1 atom stereocenters. The van der Waals surface area contributed by atoms with Crippen LogP contribution in [0.1, 0.15) is 35.1 Å². The van der Waals surface area contributed by atoms with Crippen molar-refractivity contribution in [1.82, 2.24) is 10.3 Å². The number of nitrogen functional groups attached to an aromatic ring is 1. The standard InChI is InChI=1S/C14H17ClN4OS/c1-8(2)12(11-4-3-5-21-11)18-14(20)9-6-10(15)13(19-16)17-7-9/h3-8,12H,16H2,1-2H3,(H,17,19)(H,18,20). The number of carbonyl (C=O) groups excluding carboxylic acids is 1. The SMILES string of the molecule is CC(C)C(NC(=O)c1cnc(NN)c(Cl)c1)c1cccs1. The molecule has 21 heavy (non-hydrogen) atoms. The Bertz CT molecular complexity index is 615. The maximum Gasteiger partial charge on any atom is 0.253 e. The van der Waals surface area contributed by atoms with Crippen molar-refractivity contribution in [3.8, 4) is 0 Å². The molecule has 4 N–H and O–H groups in total. The van der Waals surface area contributed by atoms with Crippen LogP contribution in [0.4, 0.5) is 5.82 Å². The molecule has 1 unspecified atom stereocenters. The molecule has 7 heteroatoms. The van der Waals surface area contributed by atoms with E-state index in [1.54, 1.807) is 17.4 Å². The van der Waals surface area contributed by atoms with Crippen LogP contribution in [0.5, 0.6) is 0 Å². The third-order valence-electron chi connectivity index (χ3n) is 3.04. The first-order chi connectivity index (χ1) is 10.0. The van der Waals surface area contributed by atoms with E-state index in [1.807, 2.05) is 17.5 Å². The number of nitrogens with zero attached hydrogens (tertiary/aromatic N) is 1. The number of hydrazine groups is 1. The summed E-state index contributed by atoms with van der Waals surface area (Å²) in [6, 6.07) is 5.50. The summed E-state index contributed by atoms with van der Waals surface area (Å²) < 4.78 is 0. The second kappa shape index (κ2) is 6.89. The van der Waals surface area contributed by atoms with Gasteiger partial charge in [-0.2, -0.15) is 0 Å². The van der Waals surface area contributed by atoms with E-state index in [4.69, 9.17) is 17.4 Å². The highest BCUT2D eigenvalue weighted by Gasteiger charge is 2.20. The normalized spacial score (nSPS) is 12.2. The Hall–Kier alpha value is -1.63. The summed E-state index contributed by atoms with van der Waals surface area (Å²) in [4.78, 5) is 17.5. The van der Waals surface area contributed by atoms with Gasteiger partial charge in [0.15, 0.2) is 5.82 Å². The predicted octanol–water partition coefficient (Wildman–Crippen LogP) is 3.21. The smallest absolute Gasteiger partial charge is 0.253 e. The van der Waals surface area contributed by atoms with Gasteiger partial charge in [-0.1, -0.05) is 31.5 Å². The summed E-state index contributed by atoms with van der Waals surface area (Å²) in [5.74, 6) is 5.68. The molecule has 0 radical (unpaired) electrons. The summed E-state index contributed by atoms with van der Waals surface area (Å²) in [7, 11) is 0. The van der Waals surface area contributed by atoms with Crippen LogP contribution in [0.3, 0.4) is 0 Å². The van der Waals surface area contributed by atoms with Crippen LogP contribution < -0.4 is 16.6 Å². The molecule has 112 valence electrons. The Kier molecular flexibility index (Phi) is 5.17. The number of anilines is 1. The number of carbonyl (C=O) groups is 1. The predicted molar refractivity (Wildman–Crippen MR) is 86.4 cm³/mol. The van der Waals surface area contributed by atoms with Crippen LogP contribution in [-0.2, 0) is 0 Å². The van der Waals surface area contributed by atoms with E-state index in [2.05, 4.69) is 29.6 Å². The minimum atomic E-state index is -0.208. The van der Waals surface area contributed by atoms with Crippen LogP contribution in [0.25, 0.3) is 0 Å². The third-order valence-corrected chi connectivity index (χ3v) is 4.29. The average molecular weight is 325 g/mol. The third kappa shape index (κ3) is 3.72. The van der Waals surface area contributed by atoms with E-state index >= 15 is 0 Å². The molecule has 0 fully saturated rings. The summed E-state index contributed by atoms with van der Waals surface area (Å²) in [6.45, 7) is 4.13. The fraction of sp³-hybridized carbons (Fsp3) is 0.286. The molecule has 0 aliphatic carbocycles. The van der Waals surface area contributed by atoms with Crippen molar-refractivity contribution in [2.75, 3.05) is 5.43 Å². The highest BCUT2D eigenvalue weighted by Crippen LogP contribution is 2.26. The number of nitrogens with two attached hydrogens (primary N) is 1.